The number of nitrogen functional groups attached to an aromatic ring is 1. The first-order valence-electron chi connectivity index (χ1n) is 4.89. The number of fused-ring (bicyclic) bond motifs is 1. The van der Waals surface area contributed by atoms with Crippen molar-refractivity contribution in [2.75, 3.05) is 5.73 Å². The van der Waals surface area contributed by atoms with Gasteiger partial charge < -0.3 is 5.73 Å². The van der Waals surface area contributed by atoms with E-state index in [1.165, 1.54) is 11.8 Å². The predicted molar refractivity (Wildman–Crippen MR) is 63.6 cm³/mol. The molecule has 2 N–H and O–H groups in total. The number of anilines is 1. The molecule has 3 aromatic heterocycles. The molecule has 0 aliphatic heterocycles. The van der Waals surface area contributed by atoms with Gasteiger partial charge in [-0.05, 0) is 30.0 Å². The third kappa shape index (κ3) is 1.92. The minimum Gasteiger partial charge on any atom is -0.368 e. The highest BCUT2D eigenvalue weighted by Gasteiger charge is 2.07. The average Bonchev–Trinajstić information content (AvgIpc) is 2.73. The third-order valence-electron chi connectivity index (χ3n) is 2.13. The quantitative estimate of drug-likeness (QED) is 0.683. The van der Waals surface area contributed by atoms with Crippen LogP contribution in [0.25, 0.3) is 5.65 Å². The summed E-state index contributed by atoms with van der Waals surface area (Å²) in [6.07, 6.45) is 3.52. The summed E-state index contributed by atoms with van der Waals surface area (Å²) in [7, 11) is 0. The van der Waals surface area contributed by atoms with Crippen molar-refractivity contribution < 1.29 is 0 Å². The first kappa shape index (κ1) is 10.0. The summed E-state index contributed by atoms with van der Waals surface area (Å²) in [5.41, 5.74) is 6.32. The van der Waals surface area contributed by atoms with E-state index in [9.17, 15) is 0 Å². The number of hydrogen-bond acceptors (Lipinski definition) is 6. The summed E-state index contributed by atoms with van der Waals surface area (Å²) in [6.45, 7) is 0. The second kappa shape index (κ2) is 4.02. The van der Waals surface area contributed by atoms with Gasteiger partial charge in [-0.1, -0.05) is 6.07 Å². The van der Waals surface area contributed by atoms with Crippen molar-refractivity contribution >= 4 is 23.4 Å². The zero-order chi connectivity index (χ0) is 11.7. The topological polar surface area (TPSA) is 82.0 Å². The van der Waals surface area contributed by atoms with Crippen LogP contribution in [0.4, 0.5) is 5.95 Å². The number of nitrogens with two attached hydrogens (primary N) is 1. The summed E-state index contributed by atoms with van der Waals surface area (Å²) >= 11 is 1.40. The molecule has 0 aliphatic carbocycles. The Morgan fingerprint density at radius 3 is 3.00 bits per heavy atom. The van der Waals surface area contributed by atoms with Gasteiger partial charge in [0.1, 0.15) is 5.03 Å². The van der Waals surface area contributed by atoms with Crippen molar-refractivity contribution in [1.29, 1.82) is 0 Å². The molecule has 0 aromatic carbocycles. The van der Waals surface area contributed by atoms with Crippen LogP contribution < -0.4 is 5.73 Å². The Morgan fingerprint density at radius 1 is 1.18 bits per heavy atom. The van der Waals surface area contributed by atoms with Crippen molar-refractivity contribution in [3.05, 3.63) is 36.7 Å². The van der Waals surface area contributed by atoms with Gasteiger partial charge in [-0.15, -0.1) is 10.2 Å². The maximum absolute atomic E-state index is 5.52. The van der Waals surface area contributed by atoms with E-state index >= 15 is 0 Å². The van der Waals surface area contributed by atoms with Gasteiger partial charge in [0.2, 0.25) is 11.1 Å². The first-order chi connectivity index (χ1) is 8.33. The molecule has 3 aromatic rings. The van der Waals surface area contributed by atoms with Crippen LogP contribution in [-0.2, 0) is 0 Å². The molecular weight excluding hydrogens is 236 g/mol. The molecule has 0 bridgehead atoms. The van der Waals surface area contributed by atoms with Crippen molar-refractivity contribution in [2.45, 2.75) is 10.2 Å². The summed E-state index contributed by atoms with van der Waals surface area (Å²) in [4.78, 5) is 7.95. The average molecular weight is 244 g/mol. The Balaban J connectivity index is 2.00. The van der Waals surface area contributed by atoms with Gasteiger partial charge in [0, 0.05) is 12.4 Å². The largest absolute Gasteiger partial charge is 0.368 e. The zero-order valence-corrected chi connectivity index (χ0v) is 9.50. The van der Waals surface area contributed by atoms with Crippen LogP contribution in [0.2, 0.25) is 0 Å². The number of aromatic nitrogens is 5. The second-order valence-electron chi connectivity index (χ2n) is 3.27. The SMILES string of the molecule is Nc1nccc(Sc2nnc3ccccn23)n1. The lowest BCUT2D eigenvalue weighted by Crippen LogP contribution is -1.95. The van der Waals surface area contributed by atoms with Crippen molar-refractivity contribution in [3.63, 3.8) is 0 Å². The molecule has 6 nitrogen and oxygen atoms in total. The van der Waals surface area contributed by atoms with E-state index in [4.69, 9.17) is 5.73 Å². The van der Waals surface area contributed by atoms with Gasteiger partial charge >= 0.3 is 0 Å². The van der Waals surface area contributed by atoms with Gasteiger partial charge in [0.15, 0.2) is 5.65 Å². The molecule has 3 rings (SSSR count). The van der Waals surface area contributed by atoms with Crippen LogP contribution in [0.5, 0.6) is 0 Å². The van der Waals surface area contributed by atoms with Crippen LogP contribution in [0, 0.1) is 0 Å². The molecule has 0 unspecified atom stereocenters. The monoisotopic (exact) mass is 244 g/mol. The normalized spacial score (nSPS) is 10.8. The minimum absolute atomic E-state index is 0.254. The van der Waals surface area contributed by atoms with Crippen LogP contribution in [0.15, 0.2) is 46.8 Å². The number of nitrogens with zero attached hydrogens (tertiary/aromatic N) is 5. The van der Waals surface area contributed by atoms with Gasteiger partial charge in [-0.2, -0.15) is 0 Å². The Labute approximate surface area is 101 Å². The van der Waals surface area contributed by atoms with Crippen LogP contribution >= 0.6 is 11.8 Å². The molecule has 0 saturated heterocycles. The second-order valence-corrected chi connectivity index (χ2v) is 4.25. The molecule has 0 saturated carbocycles. The summed E-state index contributed by atoms with van der Waals surface area (Å²) in [6, 6.07) is 7.52. The van der Waals surface area contributed by atoms with E-state index in [0.29, 0.717) is 0 Å². The maximum atomic E-state index is 5.52. The number of pyridine rings is 1. The van der Waals surface area contributed by atoms with E-state index in [1.807, 2.05) is 28.8 Å². The van der Waals surface area contributed by atoms with Crippen molar-refractivity contribution in [2.24, 2.45) is 0 Å². The fourth-order valence-corrected chi connectivity index (χ4v) is 2.19. The number of rotatable bonds is 2. The molecule has 3 heterocycles. The summed E-state index contributed by atoms with van der Waals surface area (Å²) in [5.74, 6) is 0.254. The lowest BCUT2D eigenvalue weighted by atomic mass is 10.5. The van der Waals surface area contributed by atoms with E-state index in [2.05, 4.69) is 20.2 Å². The van der Waals surface area contributed by atoms with Gasteiger partial charge in [-0.3, -0.25) is 4.40 Å². The molecule has 0 aliphatic rings. The lowest BCUT2D eigenvalue weighted by Gasteiger charge is -1.99. The third-order valence-corrected chi connectivity index (χ3v) is 3.02. The molecule has 0 spiro atoms. The fraction of sp³-hybridized carbons (Fsp3) is 0. The predicted octanol–water partition coefficient (Wildman–Crippen LogP) is 1.25. The molecule has 7 heteroatoms. The Hall–Kier alpha value is -2.15. The first-order valence-corrected chi connectivity index (χ1v) is 5.71. The lowest BCUT2D eigenvalue weighted by molar-refractivity contribution is 0.915. The summed E-state index contributed by atoms with van der Waals surface area (Å²) in [5, 5.41) is 9.64. The van der Waals surface area contributed by atoms with Gasteiger partial charge in [0.25, 0.3) is 0 Å². The minimum atomic E-state index is 0.254. The van der Waals surface area contributed by atoms with Crippen molar-refractivity contribution in [1.82, 2.24) is 24.6 Å². The van der Waals surface area contributed by atoms with E-state index in [0.717, 1.165) is 15.8 Å². The van der Waals surface area contributed by atoms with E-state index < -0.39 is 0 Å². The maximum Gasteiger partial charge on any atom is 0.221 e. The van der Waals surface area contributed by atoms with Gasteiger partial charge in [0.05, 0.1) is 0 Å². The standard InChI is InChI=1S/C10H8N6S/c11-9-12-5-4-8(13-9)17-10-15-14-7-3-1-2-6-16(7)10/h1-6H,(H2,11,12,13). The Bertz CT molecular complexity index is 664. The van der Waals surface area contributed by atoms with Crippen LogP contribution in [0.3, 0.4) is 0 Å². The highest BCUT2D eigenvalue weighted by atomic mass is 32.2. The Morgan fingerprint density at radius 2 is 2.12 bits per heavy atom. The molecule has 0 amide bonds. The molecule has 0 atom stereocenters. The van der Waals surface area contributed by atoms with Crippen LogP contribution in [-0.4, -0.2) is 24.6 Å². The number of hydrogen-bond donors (Lipinski definition) is 1. The molecular formula is C10H8N6S. The molecule has 0 radical (unpaired) electrons. The summed E-state index contributed by atoms with van der Waals surface area (Å²) < 4.78 is 1.89. The highest BCUT2D eigenvalue weighted by Crippen LogP contribution is 2.24. The van der Waals surface area contributed by atoms with E-state index in [1.54, 1.807) is 12.3 Å². The fourth-order valence-electron chi connectivity index (χ4n) is 1.40. The smallest absolute Gasteiger partial charge is 0.221 e. The van der Waals surface area contributed by atoms with Gasteiger partial charge in [-0.25, -0.2) is 9.97 Å². The molecule has 0 fully saturated rings. The molecule has 17 heavy (non-hydrogen) atoms. The van der Waals surface area contributed by atoms with Crippen molar-refractivity contribution in [3.8, 4) is 0 Å². The highest BCUT2D eigenvalue weighted by molar-refractivity contribution is 7.99. The van der Waals surface area contributed by atoms with E-state index in [-0.39, 0.29) is 5.95 Å². The molecule has 84 valence electrons. The Kier molecular flexibility index (Phi) is 2.37. The van der Waals surface area contributed by atoms with Crippen LogP contribution in [0.1, 0.15) is 0 Å². The zero-order valence-electron chi connectivity index (χ0n) is 8.69.